The fourth-order valence-electron chi connectivity index (χ4n) is 1.94. The van der Waals surface area contributed by atoms with Crippen LogP contribution in [-0.2, 0) is 9.59 Å². The highest BCUT2D eigenvalue weighted by Gasteiger charge is 2.24. The van der Waals surface area contributed by atoms with E-state index in [1.165, 1.54) is 6.92 Å². The average Bonchev–Trinajstić information content (AvgIpc) is 2.46. The number of hydrogen-bond acceptors (Lipinski definition) is 3. The Bertz CT molecular complexity index is 546. The molecule has 0 unspecified atom stereocenters. The van der Waals surface area contributed by atoms with Gasteiger partial charge in [-0.3, -0.25) is 4.79 Å². The molecule has 2 atom stereocenters. The molecule has 0 bridgehead atoms. The minimum absolute atomic E-state index is 0.126. The van der Waals surface area contributed by atoms with E-state index in [0.717, 1.165) is 0 Å². The molecule has 7 heteroatoms. The maximum atomic E-state index is 12.0. The molecule has 0 saturated carbocycles. The number of anilines is 1. The summed E-state index contributed by atoms with van der Waals surface area (Å²) in [4.78, 5) is 35.0. The van der Waals surface area contributed by atoms with Crippen LogP contribution in [0.2, 0.25) is 0 Å². The lowest BCUT2D eigenvalue weighted by atomic mass is 10.0. The van der Waals surface area contributed by atoms with E-state index in [1.807, 2.05) is 19.9 Å². The van der Waals surface area contributed by atoms with Crippen molar-refractivity contribution in [3.63, 3.8) is 0 Å². The van der Waals surface area contributed by atoms with Gasteiger partial charge in [-0.1, -0.05) is 32.0 Å². The van der Waals surface area contributed by atoms with Gasteiger partial charge in [0.05, 0.1) is 0 Å². The van der Waals surface area contributed by atoms with Crippen molar-refractivity contribution in [1.82, 2.24) is 10.6 Å². The lowest BCUT2D eigenvalue weighted by Gasteiger charge is -2.20. The van der Waals surface area contributed by atoms with Gasteiger partial charge in [-0.25, -0.2) is 9.59 Å². The fourth-order valence-corrected chi connectivity index (χ4v) is 1.94. The molecule has 0 radical (unpaired) electrons. The molecule has 0 saturated heterocycles. The number of carboxylic acids is 1. The number of carboxylic acid groups (broad SMARTS) is 1. The van der Waals surface area contributed by atoms with Crippen LogP contribution < -0.4 is 16.0 Å². The molecule has 0 aliphatic rings. The summed E-state index contributed by atoms with van der Waals surface area (Å²) in [5.74, 6) is -1.50. The molecular formula is C16H23N3O4. The number of aliphatic carboxylic acids is 1. The molecule has 126 valence electrons. The highest BCUT2D eigenvalue weighted by Crippen LogP contribution is 2.06. The number of nitrogens with one attached hydrogen (secondary N) is 3. The Balaban J connectivity index is 2.52. The summed E-state index contributed by atoms with van der Waals surface area (Å²) >= 11 is 0. The summed E-state index contributed by atoms with van der Waals surface area (Å²) in [7, 11) is 0. The van der Waals surface area contributed by atoms with Crippen molar-refractivity contribution in [2.24, 2.45) is 5.92 Å². The Morgan fingerprint density at radius 3 is 2.17 bits per heavy atom. The summed E-state index contributed by atoms with van der Waals surface area (Å²) < 4.78 is 0. The topological polar surface area (TPSA) is 108 Å². The second-order valence-electron chi connectivity index (χ2n) is 5.72. The normalized spacial score (nSPS) is 13.0. The monoisotopic (exact) mass is 321 g/mol. The van der Waals surface area contributed by atoms with Gasteiger partial charge in [-0.05, 0) is 31.4 Å². The number of carbonyl (C=O) groups is 3. The Morgan fingerprint density at radius 2 is 1.65 bits per heavy atom. The van der Waals surface area contributed by atoms with Gasteiger partial charge in [0, 0.05) is 5.69 Å². The Hall–Kier alpha value is -2.57. The molecule has 1 aromatic rings. The van der Waals surface area contributed by atoms with Gasteiger partial charge in [-0.2, -0.15) is 0 Å². The maximum Gasteiger partial charge on any atom is 0.326 e. The van der Waals surface area contributed by atoms with E-state index >= 15 is 0 Å². The molecular weight excluding hydrogens is 298 g/mol. The SMILES string of the molecule is CC(C)C[C@H](NC(=O)[C@H](C)NC(=O)Nc1ccccc1)C(=O)O. The third-order valence-corrected chi connectivity index (χ3v) is 3.09. The van der Waals surface area contributed by atoms with Crippen molar-refractivity contribution in [2.75, 3.05) is 5.32 Å². The van der Waals surface area contributed by atoms with Gasteiger partial charge in [0.1, 0.15) is 12.1 Å². The van der Waals surface area contributed by atoms with Gasteiger partial charge in [0.25, 0.3) is 0 Å². The van der Waals surface area contributed by atoms with Crippen LogP contribution in [0, 0.1) is 5.92 Å². The Morgan fingerprint density at radius 1 is 1.04 bits per heavy atom. The zero-order chi connectivity index (χ0) is 17.4. The standard InChI is InChI=1S/C16H23N3O4/c1-10(2)9-13(15(21)22)19-14(20)11(3)17-16(23)18-12-7-5-4-6-8-12/h4-8,10-11,13H,9H2,1-3H3,(H,19,20)(H,21,22)(H2,17,18,23)/t11-,13-/m0/s1. The van der Waals surface area contributed by atoms with E-state index in [9.17, 15) is 14.4 Å². The third-order valence-electron chi connectivity index (χ3n) is 3.09. The first-order valence-corrected chi connectivity index (χ1v) is 7.45. The molecule has 23 heavy (non-hydrogen) atoms. The lowest BCUT2D eigenvalue weighted by Crippen LogP contribution is -2.51. The quantitative estimate of drug-likeness (QED) is 0.614. The third kappa shape index (κ3) is 6.82. The van der Waals surface area contributed by atoms with Crippen LogP contribution in [0.15, 0.2) is 30.3 Å². The fraction of sp³-hybridized carbons (Fsp3) is 0.438. The molecule has 0 spiro atoms. The Labute approximate surface area is 135 Å². The second-order valence-corrected chi connectivity index (χ2v) is 5.72. The van der Waals surface area contributed by atoms with Gasteiger partial charge >= 0.3 is 12.0 Å². The zero-order valence-electron chi connectivity index (χ0n) is 13.5. The van der Waals surface area contributed by atoms with E-state index in [0.29, 0.717) is 12.1 Å². The van der Waals surface area contributed by atoms with Crippen molar-refractivity contribution >= 4 is 23.6 Å². The first-order valence-electron chi connectivity index (χ1n) is 7.45. The van der Waals surface area contributed by atoms with Crippen molar-refractivity contribution in [3.05, 3.63) is 30.3 Å². The van der Waals surface area contributed by atoms with E-state index < -0.39 is 30.0 Å². The predicted octanol–water partition coefficient (Wildman–Crippen LogP) is 1.81. The van der Waals surface area contributed by atoms with Crippen LogP contribution in [0.5, 0.6) is 0 Å². The Kier molecular flexibility index (Phi) is 7.05. The largest absolute Gasteiger partial charge is 0.480 e. The first kappa shape index (κ1) is 18.5. The number of hydrogen-bond donors (Lipinski definition) is 4. The zero-order valence-corrected chi connectivity index (χ0v) is 13.5. The van der Waals surface area contributed by atoms with Crippen LogP contribution in [0.4, 0.5) is 10.5 Å². The molecule has 0 heterocycles. The highest BCUT2D eigenvalue weighted by molar-refractivity contribution is 5.94. The molecule has 3 amide bonds. The summed E-state index contributed by atoms with van der Waals surface area (Å²) in [5.41, 5.74) is 0.598. The summed E-state index contributed by atoms with van der Waals surface area (Å²) in [6.07, 6.45) is 0.323. The molecule has 1 aromatic carbocycles. The highest BCUT2D eigenvalue weighted by atomic mass is 16.4. The summed E-state index contributed by atoms with van der Waals surface area (Å²) in [5, 5.41) is 16.6. The molecule has 0 aliphatic carbocycles. The number of carbonyl (C=O) groups excluding carboxylic acids is 2. The molecule has 0 aliphatic heterocycles. The molecule has 7 nitrogen and oxygen atoms in total. The van der Waals surface area contributed by atoms with E-state index in [2.05, 4.69) is 16.0 Å². The minimum atomic E-state index is -1.09. The lowest BCUT2D eigenvalue weighted by molar-refractivity contribution is -0.142. The number of rotatable bonds is 7. The summed E-state index contributed by atoms with van der Waals surface area (Å²) in [6, 6.07) is 6.44. The number of urea groups is 1. The van der Waals surface area contributed by atoms with Crippen molar-refractivity contribution in [3.8, 4) is 0 Å². The number of para-hydroxylation sites is 1. The van der Waals surface area contributed by atoms with Gasteiger partial charge < -0.3 is 21.1 Å². The summed E-state index contributed by atoms with van der Waals surface area (Å²) in [6.45, 7) is 5.24. The minimum Gasteiger partial charge on any atom is -0.480 e. The molecule has 0 fully saturated rings. The maximum absolute atomic E-state index is 12.0. The van der Waals surface area contributed by atoms with Crippen LogP contribution in [0.25, 0.3) is 0 Å². The van der Waals surface area contributed by atoms with Crippen molar-refractivity contribution < 1.29 is 19.5 Å². The number of amides is 3. The molecule has 1 rings (SSSR count). The predicted molar refractivity (Wildman–Crippen MR) is 87.1 cm³/mol. The number of benzene rings is 1. The second kappa shape index (κ2) is 8.77. The van der Waals surface area contributed by atoms with Crippen molar-refractivity contribution in [2.45, 2.75) is 39.3 Å². The van der Waals surface area contributed by atoms with Gasteiger partial charge in [-0.15, -0.1) is 0 Å². The van der Waals surface area contributed by atoms with Crippen LogP contribution in [-0.4, -0.2) is 35.1 Å². The van der Waals surface area contributed by atoms with Crippen LogP contribution in [0.1, 0.15) is 27.2 Å². The van der Waals surface area contributed by atoms with Crippen LogP contribution in [0.3, 0.4) is 0 Å². The molecule has 4 N–H and O–H groups in total. The van der Waals surface area contributed by atoms with E-state index in [4.69, 9.17) is 5.11 Å². The van der Waals surface area contributed by atoms with E-state index in [1.54, 1.807) is 24.3 Å². The van der Waals surface area contributed by atoms with E-state index in [-0.39, 0.29) is 5.92 Å². The van der Waals surface area contributed by atoms with Crippen LogP contribution >= 0.6 is 0 Å². The average molecular weight is 321 g/mol. The van der Waals surface area contributed by atoms with Crippen molar-refractivity contribution in [1.29, 1.82) is 0 Å². The molecule has 0 aromatic heterocycles. The van der Waals surface area contributed by atoms with Gasteiger partial charge in [0.2, 0.25) is 5.91 Å². The van der Waals surface area contributed by atoms with Gasteiger partial charge in [0.15, 0.2) is 0 Å². The smallest absolute Gasteiger partial charge is 0.326 e. The first-order chi connectivity index (χ1) is 10.8.